The molecule has 2 aromatic rings. The Labute approximate surface area is 164 Å². The molecule has 2 heterocycles. The van der Waals surface area contributed by atoms with Gasteiger partial charge in [-0.25, -0.2) is 0 Å². The predicted octanol–water partition coefficient (Wildman–Crippen LogP) is 2.99. The molecular weight excluding hydrogens is 356 g/mol. The minimum absolute atomic E-state index is 0.131. The molecule has 4 rings (SSSR count). The van der Waals surface area contributed by atoms with Crippen LogP contribution in [0.3, 0.4) is 0 Å². The molecule has 1 saturated heterocycles. The highest BCUT2D eigenvalue weighted by atomic mass is 16.4. The molecule has 0 unspecified atom stereocenters. The van der Waals surface area contributed by atoms with Crippen molar-refractivity contribution in [3.8, 4) is 17.0 Å². The van der Waals surface area contributed by atoms with Gasteiger partial charge in [-0.3, -0.25) is 9.69 Å². The molecule has 0 radical (unpaired) electrons. The molecule has 28 heavy (non-hydrogen) atoms. The lowest BCUT2D eigenvalue weighted by Crippen LogP contribution is -2.49. The van der Waals surface area contributed by atoms with Crippen LogP contribution in [0.15, 0.2) is 24.3 Å². The zero-order valence-electron chi connectivity index (χ0n) is 16.2. The van der Waals surface area contributed by atoms with Gasteiger partial charge in [-0.15, -0.1) is 10.2 Å². The zero-order chi connectivity index (χ0) is 19.8. The fourth-order valence-corrected chi connectivity index (χ4v) is 4.03. The van der Waals surface area contributed by atoms with E-state index in [1.165, 1.54) is 18.4 Å². The Balaban J connectivity index is 1.47. The van der Waals surface area contributed by atoms with Crippen molar-refractivity contribution in [3.63, 3.8) is 0 Å². The Morgan fingerprint density at radius 2 is 1.96 bits per heavy atom. The number of aryl methyl sites for hydroxylation is 1. The molecule has 7 heteroatoms. The highest BCUT2D eigenvalue weighted by molar-refractivity contribution is 5.73. The van der Waals surface area contributed by atoms with Crippen molar-refractivity contribution >= 4 is 11.8 Å². The topological polar surface area (TPSA) is 98.6 Å². The molecule has 0 amide bonds. The summed E-state index contributed by atoms with van der Waals surface area (Å²) in [7, 11) is 1.83. The molecule has 1 aromatic heterocycles. The number of phenolic OH excluding ortho intramolecular Hbond substituents is 1. The van der Waals surface area contributed by atoms with Gasteiger partial charge in [0, 0.05) is 18.2 Å². The summed E-state index contributed by atoms with van der Waals surface area (Å²) in [5, 5.41) is 31.7. The maximum Gasteiger partial charge on any atom is 0.320 e. The summed E-state index contributed by atoms with van der Waals surface area (Å²) >= 11 is 0. The average Bonchev–Trinajstić information content (AvgIpc) is 3.47. The second-order valence-corrected chi connectivity index (χ2v) is 8.02. The SMILES string of the molecule is Cc1cc(N[C@@H]2CC[C@H](C(=O)O)N(C)C2)nnc1-c1ccc(C2CC2)cc1O. The number of aromatic hydroxyl groups is 1. The number of likely N-dealkylation sites (tertiary alicyclic amines) is 1. The number of hydrogen-bond donors (Lipinski definition) is 3. The first-order chi connectivity index (χ1) is 13.4. The number of carboxylic acids is 1. The van der Waals surface area contributed by atoms with Crippen molar-refractivity contribution in [1.29, 1.82) is 0 Å². The van der Waals surface area contributed by atoms with Gasteiger partial charge in [-0.1, -0.05) is 6.07 Å². The number of benzene rings is 1. The number of carboxylic acid groups (broad SMARTS) is 1. The van der Waals surface area contributed by atoms with Crippen LogP contribution in [0.2, 0.25) is 0 Å². The third-order valence-electron chi connectivity index (χ3n) is 5.78. The highest BCUT2D eigenvalue weighted by Crippen LogP contribution is 2.43. The van der Waals surface area contributed by atoms with Crippen molar-refractivity contribution < 1.29 is 15.0 Å². The van der Waals surface area contributed by atoms with Gasteiger partial charge in [-0.2, -0.15) is 0 Å². The second kappa shape index (κ2) is 7.39. The predicted molar refractivity (Wildman–Crippen MR) is 107 cm³/mol. The van der Waals surface area contributed by atoms with Crippen LogP contribution in [0.1, 0.15) is 42.7 Å². The van der Waals surface area contributed by atoms with E-state index in [4.69, 9.17) is 0 Å². The molecule has 148 valence electrons. The van der Waals surface area contributed by atoms with E-state index < -0.39 is 12.0 Å². The number of aliphatic carboxylic acids is 1. The summed E-state index contributed by atoms with van der Waals surface area (Å²) in [5.74, 6) is 0.736. The molecule has 2 aliphatic rings. The second-order valence-electron chi connectivity index (χ2n) is 8.02. The molecule has 0 spiro atoms. The van der Waals surface area contributed by atoms with Crippen molar-refractivity contribution in [3.05, 3.63) is 35.4 Å². The maximum atomic E-state index is 11.2. The zero-order valence-corrected chi connectivity index (χ0v) is 16.2. The van der Waals surface area contributed by atoms with Crippen LogP contribution in [0.25, 0.3) is 11.3 Å². The fraction of sp³-hybridized carbons (Fsp3) is 0.476. The molecule has 1 saturated carbocycles. The van der Waals surface area contributed by atoms with Gasteiger partial charge in [-0.05, 0) is 74.9 Å². The standard InChI is InChI=1S/C21H26N4O3/c1-12-9-19(22-15-6-8-17(21(27)28)25(2)11-15)23-24-20(12)16-7-5-14(10-18(16)26)13-3-4-13/h5,7,9-10,13,15,17,26H,3-4,6,8,11H2,1-2H3,(H,22,23)(H,27,28)/t15-,17-/m1/s1. The lowest BCUT2D eigenvalue weighted by atomic mass is 9.99. The van der Waals surface area contributed by atoms with Crippen LogP contribution < -0.4 is 5.32 Å². The number of anilines is 1. The number of nitrogens with one attached hydrogen (secondary N) is 1. The van der Waals surface area contributed by atoms with E-state index in [9.17, 15) is 15.0 Å². The lowest BCUT2D eigenvalue weighted by molar-refractivity contribution is -0.143. The summed E-state index contributed by atoms with van der Waals surface area (Å²) < 4.78 is 0. The highest BCUT2D eigenvalue weighted by Gasteiger charge is 2.30. The van der Waals surface area contributed by atoms with E-state index >= 15 is 0 Å². The number of rotatable bonds is 5. The quantitative estimate of drug-likeness (QED) is 0.731. The van der Waals surface area contributed by atoms with Gasteiger partial charge < -0.3 is 15.5 Å². The molecule has 1 aliphatic carbocycles. The van der Waals surface area contributed by atoms with Gasteiger partial charge >= 0.3 is 5.97 Å². The molecule has 0 bridgehead atoms. The van der Waals surface area contributed by atoms with Crippen LogP contribution >= 0.6 is 0 Å². The van der Waals surface area contributed by atoms with E-state index in [1.54, 1.807) is 0 Å². The Kier molecular flexibility index (Phi) is 4.93. The van der Waals surface area contributed by atoms with Crippen LogP contribution in [0.4, 0.5) is 5.82 Å². The summed E-state index contributed by atoms with van der Waals surface area (Å²) in [6, 6.07) is 7.48. The Morgan fingerprint density at radius 1 is 1.18 bits per heavy atom. The average molecular weight is 382 g/mol. The van der Waals surface area contributed by atoms with Crippen LogP contribution in [0.5, 0.6) is 5.75 Å². The number of carbonyl (C=O) groups is 1. The van der Waals surface area contributed by atoms with E-state index in [-0.39, 0.29) is 11.8 Å². The van der Waals surface area contributed by atoms with Crippen LogP contribution in [-0.2, 0) is 4.79 Å². The van der Waals surface area contributed by atoms with Crippen molar-refractivity contribution in [2.24, 2.45) is 0 Å². The van der Waals surface area contributed by atoms with Gasteiger partial charge in [0.2, 0.25) is 0 Å². The third kappa shape index (κ3) is 3.80. The first-order valence-electron chi connectivity index (χ1n) is 9.79. The molecular formula is C21H26N4O3. The number of aromatic nitrogens is 2. The summed E-state index contributed by atoms with van der Waals surface area (Å²) in [6.45, 7) is 2.60. The normalized spacial score (nSPS) is 22.8. The molecule has 2 fully saturated rings. The van der Waals surface area contributed by atoms with Crippen molar-refractivity contribution in [2.75, 3.05) is 18.9 Å². The van der Waals surface area contributed by atoms with Gasteiger partial charge in [0.05, 0.1) is 5.69 Å². The first-order valence-corrected chi connectivity index (χ1v) is 9.79. The monoisotopic (exact) mass is 382 g/mol. The number of phenols is 1. The molecule has 1 aliphatic heterocycles. The Hall–Kier alpha value is -2.67. The number of hydrogen-bond acceptors (Lipinski definition) is 6. The van der Waals surface area contributed by atoms with Crippen LogP contribution in [0, 0.1) is 6.92 Å². The smallest absolute Gasteiger partial charge is 0.320 e. The van der Waals surface area contributed by atoms with Crippen LogP contribution in [-0.4, -0.2) is 57.0 Å². The lowest BCUT2D eigenvalue weighted by Gasteiger charge is -2.35. The Morgan fingerprint density at radius 3 is 2.57 bits per heavy atom. The molecule has 1 aromatic carbocycles. The largest absolute Gasteiger partial charge is 0.507 e. The van der Waals surface area contributed by atoms with Crippen molar-refractivity contribution in [1.82, 2.24) is 15.1 Å². The summed E-state index contributed by atoms with van der Waals surface area (Å²) in [5.41, 5.74) is 3.49. The van der Waals surface area contributed by atoms with Gasteiger partial charge in [0.25, 0.3) is 0 Å². The third-order valence-corrected chi connectivity index (χ3v) is 5.78. The maximum absolute atomic E-state index is 11.2. The first kappa shape index (κ1) is 18.7. The van der Waals surface area contributed by atoms with E-state index in [2.05, 4.69) is 21.6 Å². The van der Waals surface area contributed by atoms with E-state index in [0.29, 0.717) is 36.0 Å². The minimum Gasteiger partial charge on any atom is -0.507 e. The van der Waals surface area contributed by atoms with Gasteiger partial charge in [0.15, 0.2) is 0 Å². The fourth-order valence-electron chi connectivity index (χ4n) is 4.03. The number of nitrogens with zero attached hydrogens (tertiary/aromatic N) is 3. The number of likely N-dealkylation sites (N-methyl/N-ethyl adjacent to an activating group) is 1. The Bertz CT molecular complexity index is 897. The molecule has 3 N–H and O–H groups in total. The van der Waals surface area contributed by atoms with Crippen molar-refractivity contribution in [2.45, 2.75) is 50.6 Å². The minimum atomic E-state index is -0.770. The van der Waals surface area contributed by atoms with E-state index in [0.717, 1.165) is 12.0 Å². The molecule has 7 nitrogen and oxygen atoms in total. The van der Waals surface area contributed by atoms with Gasteiger partial charge in [0.1, 0.15) is 17.6 Å². The summed E-state index contributed by atoms with van der Waals surface area (Å²) in [4.78, 5) is 13.1. The summed E-state index contributed by atoms with van der Waals surface area (Å²) in [6.07, 6.45) is 3.77. The number of piperidine rings is 1. The van der Waals surface area contributed by atoms with E-state index in [1.807, 2.05) is 37.1 Å². The molecule has 2 atom stereocenters.